The molecule has 0 saturated carbocycles. The Labute approximate surface area is 124 Å². The van der Waals surface area contributed by atoms with Gasteiger partial charge < -0.3 is 15.4 Å². The fourth-order valence-electron chi connectivity index (χ4n) is 2.19. The van der Waals surface area contributed by atoms with Gasteiger partial charge in [-0.15, -0.1) is 0 Å². The van der Waals surface area contributed by atoms with Crippen LogP contribution >= 0.6 is 11.6 Å². The zero-order valence-corrected chi connectivity index (χ0v) is 12.3. The molecule has 1 fully saturated rings. The van der Waals surface area contributed by atoms with E-state index in [9.17, 15) is 4.79 Å². The molecule has 1 saturated heterocycles. The van der Waals surface area contributed by atoms with E-state index in [1.54, 1.807) is 24.3 Å². The highest BCUT2D eigenvalue weighted by Crippen LogP contribution is 2.09. The zero-order valence-electron chi connectivity index (χ0n) is 11.5. The number of nitrogens with one attached hydrogen (secondary N) is 2. The van der Waals surface area contributed by atoms with Crippen molar-refractivity contribution in [2.24, 2.45) is 0 Å². The third-order valence-corrected chi connectivity index (χ3v) is 3.60. The van der Waals surface area contributed by atoms with E-state index < -0.39 is 0 Å². The largest absolute Gasteiger partial charge is 0.378 e. The van der Waals surface area contributed by atoms with Crippen LogP contribution in [0.4, 0.5) is 0 Å². The van der Waals surface area contributed by atoms with Crippen LogP contribution < -0.4 is 10.6 Å². The van der Waals surface area contributed by atoms with Crippen LogP contribution in [0, 0.1) is 0 Å². The topological polar surface area (TPSA) is 50.4 Å². The van der Waals surface area contributed by atoms with Crippen molar-refractivity contribution in [2.45, 2.75) is 25.4 Å². The summed E-state index contributed by atoms with van der Waals surface area (Å²) >= 11 is 5.78. The van der Waals surface area contributed by atoms with Gasteiger partial charge in [-0.3, -0.25) is 4.79 Å². The predicted molar refractivity (Wildman–Crippen MR) is 80.2 cm³/mol. The molecular weight excluding hydrogens is 276 g/mol. The lowest BCUT2D eigenvalue weighted by Crippen LogP contribution is -2.33. The Morgan fingerprint density at radius 1 is 1.30 bits per heavy atom. The fraction of sp³-hybridized carbons (Fsp3) is 0.533. The maximum Gasteiger partial charge on any atom is 0.251 e. The van der Waals surface area contributed by atoms with Gasteiger partial charge in [0.2, 0.25) is 0 Å². The molecule has 1 aromatic carbocycles. The van der Waals surface area contributed by atoms with Crippen LogP contribution in [0.5, 0.6) is 0 Å². The highest BCUT2D eigenvalue weighted by atomic mass is 35.5. The molecule has 1 heterocycles. The molecule has 0 aromatic heterocycles. The van der Waals surface area contributed by atoms with Gasteiger partial charge in [0, 0.05) is 23.7 Å². The third-order valence-electron chi connectivity index (χ3n) is 3.35. The van der Waals surface area contributed by atoms with Gasteiger partial charge in [0.05, 0.1) is 6.10 Å². The molecule has 2 N–H and O–H groups in total. The fourth-order valence-corrected chi connectivity index (χ4v) is 2.32. The van der Waals surface area contributed by atoms with E-state index in [1.165, 1.54) is 0 Å². The summed E-state index contributed by atoms with van der Waals surface area (Å²) in [4.78, 5) is 11.8. The number of carbonyl (C=O) groups is 1. The maximum absolute atomic E-state index is 11.8. The summed E-state index contributed by atoms with van der Waals surface area (Å²) in [6, 6.07) is 6.89. The smallest absolute Gasteiger partial charge is 0.251 e. The first-order chi connectivity index (χ1) is 9.75. The number of benzene rings is 1. The van der Waals surface area contributed by atoms with Crippen molar-refractivity contribution < 1.29 is 9.53 Å². The van der Waals surface area contributed by atoms with Crippen molar-refractivity contribution in [1.29, 1.82) is 0 Å². The normalized spacial score (nSPS) is 16.1. The Hall–Kier alpha value is -1.10. The second-order valence-corrected chi connectivity index (χ2v) is 5.37. The van der Waals surface area contributed by atoms with Crippen molar-refractivity contribution in [3.63, 3.8) is 0 Å². The van der Waals surface area contributed by atoms with E-state index in [1.807, 2.05) is 0 Å². The molecular formula is C15H21ClN2O2. The number of hydrogen-bond acceptors (Lipinski definition) is 3. The van der Waals surface area contributed by atoms with E-state index in [0.717, 1.165) is 32.4 Å². The summed E-state index contributed by atoms with van der Waals surface area (Å²) in [5.74, 6) is -0.0662. The molecule has 2 rings (SSSR count). The lowest BCUT2D eigenvalue weighted by Gasteiger charge is -2.22. The summed E-state index contributed by atoms with van der Waals surface area (Å²) in [5, 5.41) is 6.82. The second kappa shape index (κ2) is 8.25. The standard InChI is InChI=1S/C15H21ClN2O2/c16-13-4-2-12(3-5-13)15(19)18-8-1-11-20-14-6-9-17-10-7-14/h2-5,14,17H,1,6-11H2,(H,18,19). The SMILES string of the molecule is O=C(NCCCOC1CCNCC1)c1ccc(Cl)cc1. The number of halogens is 1. The molecule has 20 heavy (non-hydrogen) atoms. The lowest BCUT2D eigenvalue weighted by molar-refractivity contribution is 0.0318. The first-order valence-electron chi connectivity index (χ1n) is 7.12. The summed E-state index contributed by atoms with van der Waals surface area (Å²) < 4.78 is 5.78. The zero-order chi connectivity index (χ0) is 14.2. The molecule has 1 amide bonds. The predicted octanol–water partition coefficient (Wildman–Crippen LogP) is 2.23. The molecule has 1 aliphatic rings. The molecule has 1 aliphatic heterocycles. The van der Waals surface area contributed by atoms with Gasteiger partial charge in [-0.05, 0) is 56.6 Å². The van der Waals surface area contributed by atoms with Gasteiger partial charge in [-0.1, -0.05) is 11.6 Å². The number of carbonyl (C=O) groups excluding carboxylic acids is 1. The second-order valence-electron chi connectivity index (χ2n) is 4.94. The minimum Gasteiger partial charge on any atom is -0.378 e. The van der Waals surface area contributed by atoms with E-state index >= 15 is 0 Å². The van der Waals surface area contributed by atoms with Crippen LogP contribution in [0.1, 0.15) is 29.6 Å². The van der Waals surface area contributed by atoms with E-state index in [4.69, 9.17) is 16.3 Å². The number of piperidine rings is 1. The molecule has 0 bridgehead atoms. The van der Waals surface area contributed by atoms with Crippen molar-refractivity contribution >= 4 is 17.5 Å². The van der Waals surface area contributed by atoms with E-state index in [0.29, 0.717) is 29.8 Å². The molecule has 5 heteroatoms. The molecule has 0 radical (unpaired) electrons. The number of rotatable bonds is 6. The molecule has 0 atom stereocenters. The molecule has 1 aromatic rings. The Balaban J connectivity index is 1.58. The highest BCUT2D eigenvalue weighted by Gasteiger charge is 2.12. The Kier molecular flexibility index (Phi) is 6.30. The monoisotopic (exact) mass is 296 g/mol. The van der Waals surface area contributed by atoms with Gasteiger partial charge in [-0.2, -0.15) is 0 Å². The molecule has 0 spiro atoms. The Bertz CT molecular complexity index is 416. The quantitative estimate of drug-likeness (QED) is 0.792. The number of hydrogen-bond donors (Lipinski definition) is 2. The van der Waals surface area contributed by atoms with Crippen LogP contribution in [-0.4, -0.2) is 38.3 Å². The average Bonchev–Trinajstić information content (AvgIpc) is 2.48. The van der Waals surface area contributed by atoms with Crippen LogP contribution in [0.25, 0.3) is 0 Å². The molecule has 4 nitrogen and oxygen atoms in total. The summed E-state index contributed by atoms with van der Waals surface area (Å²) in [6.07, 6.45) is 3.38. The van der Waals surface area contributed by atoms with E-state index in [2.05, 4.69) is 10.6 Å². The van der Waals surface area contributed by atoms with E-state index in [-0.39, 0.29) is 5.91 Å². The van der Waals surface area contributed by atoms with Gasteiger partial charge in [0.1, 0.15) is 0 Å². The summed E-state index contributed by atoms with van der Waals surface area (Å²) in [7, 11) is 0. The van der Waals surface area contributed by atoms with Gasteiger partial charge in [-0.25, -0.2) is 0 Å². The summed E-state index contributed by atoms with van der Waals surface area (Å²) in [5.41, 5.74) is 0.633. The first-order valence-corrected chi connectivity index (χ1v) is 7.49. The third kappa shape index (κ3) is 5.12. The lowest BCUT2D eigenvalue weighted by atomic mass is 10.1. The minimum absolute atomic E-state index is 0.0662. The van der Waals surface area contributed by atoms with Gasteiger partial charge in [0.25, 0.3) is 5.91 Å². The maximum atomic E-state index is 11.8. The Morgan fingerprint density at radius 3 is 2.70 bits per heavy atom. The van der Waals surface area contributed by atoms with Crippen LogP contribution in [0.3, 0.4) is 0 Å². The Morgan fingerprint density at radius 2 is 2.00 bits per heavy atom. The van der Waals surface area contributed by atoms with Gasteiger partial charge >= 0.3 is 0 Å². The first kappa shape index (κ1) is 15.3. The minimum atomic E-state index is -0.0662. The number of amides is 1. The average molecular weight is 297 g/mol. The molecule has 0 unspecified atom stereocenters. The van der Waals surface area contributed by atoms with Crippen LogP contribution in [0.2, 0.25) is 5.02 Å². The summed E-state index contributed by atoms with van der Waals surface area (Å²) in [6.45, 7) is 3.41. The number of ether oxygens (including phenoxy) is 1. The molecule has 0 aliphatic carbocycles. The van der Waals surface area contributed by atoms with Crippen LogP contribution in [-0.2, 0) is 4.74 Å². The van der Waals surface area contributed by atoms with Crippen molar-refractivity contribution in [1.82, 2.24) is 10.6 Å². The van der Waals surface area contributed by atoms with Crippen molar-refractivity contribution in [3.8, 4) is 0 Å². The van der Waals surface area contributed by atoms with Crippen molar-refractivity contribution in [3.05, 3.63) is 34.9 Å². The van der Waals surface area contributed by atoms with Crippen molar-refractivity contribution in [2.75, 3.05) is 26.2 Å². The van der Waals surface area contributed by atoms with Gasteiger partial charge in [0.15, 0.2) is 0 Å². The highest BCUT2D eigenvalue weighted by molar-refractivity contribution is 6.30. The van der Waals surface area contributed by atoms with Crippen LogP contribution in [0.15, 0.2) is 24.3 Å². The molecule has 110 valence electrons.